The second-order valence-corrected chi connectivity index (χ2v) is 11.1. The Bertz CT molecular complexity index is 2080. The van der Waals surface area contributed by atoms with Crippen LogP contribution in [0.15, 0.2) is 170 Å². The van der Waals surface area contributed by atoms with Crippen LogP contribution in [-0.4, -0.2) is 19.9 Å². The maximum Gasteiger partial charge on any atom is 0.0973 e. The van der Waals surface area contributed by atoms with Crippen molar-refractivity contribution in [2.75, 3.05) is 0 Å². The van der Waals surface area contributed by atoms with Gasteiger partial charge < -0.3 is 0 Å². The molecular weight excluding hydrogens is 560 g/mol. The highest BCUT2D eigenvalue weighted by Gasteiger charge is 2.14. The van der Waals surface area contributed by atoms with Gasteiger partial charge >= 0.3 is 0 Å². The minimum atomic E-state index is 0.864. The van der Waals surface area contributed by atoms with Crippen molar-refractivity contribution < 1.29 is 0 Å². The van der Waals surface area contributed by atoms with Gasteiger partial charge in [0.05, 0.1) is 33.8 Å². The Morgan fingerprint density at radius 3 is 0.891 bits per heavy atom. The molecule has 0 saturated heterocycles. The van der Waals surface area contributed by atoms with E-state index in [1.165, 1.54) is 0 Å². The molecule has 4 nitrogen and oxygen atoms in total. The molecule has 0 aliphatic heterocycles. The predicted molar refractivity (Wildman–Crippen MR) is 188 cm³/mol. The van der Waals surface area contributed by atoms with Gasteiger partial charge in [0.1, 0.15) is 0 Å². The third-order valence-electron chi connectivity index (χ3n) is 8.25. The predicted octanol–water partition coefficient (Wildman–Crippen LogP) is 10.4. The summed E-state index contributed by atoms with van der Waals surface area (Å²) in [6.07, 6.45) is 3.65. The molecule has 4 heteroatoms. The number of aromatic nitrogens is 4. The average Bonchev–Trinajstić information content (AvgIpc) is 3.15. The highest BCUT2D eigenvalue weighted by Crippen LogP contribution is 2.34. The molecule has 0 saturated carbocycles. The Morgan fingerprint density at radius 2 is 0.565 bits per heavy atom. The van der Waals surface area contributed by atoms with E-state index in [-0.39, 0.29) is 0 Å². The summed E-state index contributed by atoms with van der Waals surface area (Å²) in [7, 11) is 0. The number of hydrogen-bond acceptors (Lipinski definition) is 4. The Labute approximate surface area is 267 Å². The van der Waals surface area contributed by atoms with Gasteiger partial charge in [-0.2, -0.15) is 0 Å². The van der Waals surface area contributed by atoms with Crippen molar-refractivity contribution in [1.29, 1.82) is 0 Å². The number of benzene rings is 5. The molecule has 0 N–H and O–H groups in total. The zero-order valence-electron chi connectivity index (χ0n) is 25.0. The van der Waals surface area contributed by atoms with Crippen LogP contribution in [-0.2, 0) is 0 Å². The van der Waals surface area contributed by atoms with Crippen molar-refractivity contribution in [3.05, 3.63) is 170 Å². The van der Waals surface area contributed by atoms with Gasteiger partial charge in [0.25, 0.3) is 0 Å². The zero-order valence-corrected chi connectivity index (χ0v) is 25.0. The van der Waals surface area contributed by atoms with Gasteiger partial charge in [-0.3, -0.25) is 9.97 Å². The fourth-order valence-electron chi connectivity index (χ4n) is 5.78. The van der Waals surface area contributed by atoms with Gasteiger partial charge in [0.15, 0.2) is 0 Å². The number of nitrogens with zero attached hydrogens (tertiary/aromatic N) is 4. The van der Waals surface area contributed by atoms with Crippen molar-refractivity contribution in [3.63, 3.8) is 0 Å². The third kappa shape index (κ3) is 5.44. The molecule has 0 atom stereocenters. The van der Waals surface area contributed by atoms with Gasteiger partial charge in [-0.05, 0) is 58.7 Å². The van der Waals surface area contributed by atoms with E-state index in [0.29, 0.717) is 0 Å². The minimum absolute atomic E-state index is 0.864. The van der Waals surface area contributed by atoms with Crippen molar-refractivity contribution >= 4 is 11.0 Å². The minimum Gasteiger partial charge on any atom is -0.256 e. The van der Waals surface area contributed by atoms with Crippen LogP contribution in [0.2, 0.25) is 0 Å². The topological polar surface area (TPSA) is 51.6 Å². The van der Waals surface area contributed by atoms with E-state index in [9.17, 15) is 0 Å². The molecule has 8 aromatic rings. The molecule has 0 fully saturated rings. The summed E-state index contributed by atoms with van der Waals surface area (Å²) in [6, 6.07) is 54.3. The van der Waals surface area contributed by atoms with Gasteiger partial charge in [-0.1, -0.05) is 121 Å². The lowest BCUT2D eigenvalue weighted by molar-refractivity contribution is 1.29. The standard InChI is InChI=1S/C42H28N4/c1-2-10-40-39(9-1)45-41(35-23-15-31(16-24-35)29-11-19-33(20-12-29)37-7-3-5-27-43-37)42(46-40)36-25-17-32(18-26-36)30-13-21-34(22-14-30)38-8-4-6-28-44-38/h1-28H. The van der Waals surface area contributed by atoms with Gasteiger partial charge in [-0.25, -0.2) is 9.97 Å². The number of hydrogen-bond donors (Lipinski definition) is 0. The molecule has 0 amide bonds. The van der Waals surface area contributed by atoms with Crippen molar-refractivity contribution in [2.45, 2.75) is 0 Å². The summed E-state index contributed by atoms with van der Waals surface area (Å²) in [6.45, 7) is 0. The van der Waals surface area contributed by atoms with E-state index in [1.807, 2.05) is 73.1 Å². The van der Waals surface area contributed by atoms with Crippen molar-refractivity contribution in [3.8, 4) is 67.3 Å². The van der Waals surface area contributed by atoms with E-state index in [4.69, 9.17) is 9.97 Å². The van der Waals surface area contributed by atoms with Gasteiger partial charge in [-0.15, -0.1) is 0 Å². The number of pyridine rings is 2. The molecule has 0 spiro atoms. The summed E-state index contributed by atoms with van der Waals surface area (Å²) < 4.78 is 0. The highest BCUT2D eigenvalue weighted by atomic mass is 14.8. The van der Waals surface area contributed by atoms with Crippen LogP contribution in [0.25, 0.3) is 78.3 Å². The van der Waals surface area contributed by atoms with Crippen molar-refractivity contribution in [2.24, 2.45) is 0 Å². The van der Waals surface area contributed by atoms with Crippen LogP contribution in [0.5, 0.6) is 0 Å². The monoisotopic (exact) mass is 588 g/mol. The molecule has 3 aromatic heterocycles. The Balaban J connectivity index is 1.11. The van der Waals surface area contributed by atoms with Crippen LogP contribution in [0.3, 0.4) is 0 Å². The first-order valence-corrected chi connectivity index (χ1v) is 15.3. The summed E-state index contributed by atoms with van der Waals surface area (Å²) in [5, 5.41) is 0. The van der Waals surface area contributed by atoms with Crippen LogP contribution < -0.4 is 0 Å². The molecule has 216 valence electrons. The molecule has 0 aliphatic carbocycles. The van der Waals surface area contributed by atoms with E-state index in [1.54, 1.807) is 0 Å². The lowest BCUT2D eigenvalue weighted by Gasteiger charge is -2.12. The molecule has 0 aliphatic rings. The summed E-state index contributed by atoms with van der Waals surface area (Å²) in [4.78, 5) is 19.2. The first-order valence-electron chi connectivity index (χ1n) is 15.3. The van der Waals surface area contributed by atoms with E-state index in [2.05, 4.69) is 107 Å². The molecule has 8 rings (SSSR count). The molecule has 0 radical (unpaired) electrons. The van der Waals surface area contributed by atoms with Crippen LogP contribution in [0, 0.1) is 0 Å². The number of para-hydroxylation sites is 2. The van der Waals surface area contributed by atoms with Gasteiger partial charge in [0, 0.05) is 34.6 Å². The van der Waals surface area contributed by atoms with E-state index in [0.717, 1.165) is 78.3 Å². The quantitative estimate of drug-likeness (QED) is 0.194. The van der Waals surface area contributed by atoms with Crippen LogP contribution in [0.4, 0.5) is 0 Å². The second kappa shape index (κ2) is 12.0. The van der Waals surface area contributed by atoms with Crippen LogP contribution in [0.1, 0.15) is 0 Å². The highest BCUT2D eigenvalue weighted by molar-refractivity contribution is 5.87. The lowest BCUT2D eigenvalue weighted by Crippen LogP contribution is -1.95. The summed E-state index contributed by atoms with van der Waals surface area (Å²) >= 11 is 0. The number of rotatable bonds is 6. The smallest absolute Gasteiger partial charge is 0.0973 e. The molecule has 5 aromatic carbocycles. The van der Waals surface area contributed by atoms with Crippen LogP contribution >= 0.6 is 0 Å². The molecule has 3 heterocycles. The Morgan fingerprint density at radius 1 is 0.261 bits per heavy atom. The maximum atomic E-state index is 5.11. The molecule has 46 heavy (non-hydrogen) atoms. The SMILES string of the molecule is c1ccc(-c2ccc(-c3ccc(-c4nc5ccccc5nc4-c4ccc(-c5ccc(-c6ccccn6)cc5)cc4)cc3)cc2)nc1. The normalized spacial score (nSPS) is 11.0. The van der Waals surface area contributed by atoms with E-state index >= 15 is 0 Å². The molecule has 0 bridgehead atoms. The van der Waals surface area contributed by atoms with Crippen molar-refractivity contribution in [1.82, 2.24) is 19.9 Å². The first-order chi connectivity index (χ1) is 22.8. The fraction of sp³-hybridized carbons (Fsp3) is 0. The molecule has 0 unspecified atom stereocenters. The summed E-state index contributed by atoms with van der Waals surface area (Å²) in [5.74, 6) is 0. The average molecular weight is 589 g/mol. The maximum absolute atomic E-state index is 5.11. The fourth-order valence-corrected chi connectivity index (χ4v) is 5.78. The molecular formula is C42H28N4. The lowest BCUT2D eigenvalue weighted by atomic mass is 9.97. The summed E-state index contributed by atoms with van der Waals surface area (Å²) in [5.41, 5.74) is 14.3. The Kier molecular flexibility index (Phi) is 7.14. The second-order valence-electron chi connectivity index (χ2n) is 11.1. The largest absolute Gasteiger partial charge is 0.256 e. The van der Waals surface area contributed by atoms with E-state index < -0.39 is 0 Å². The third-order valence-corrected chi connectivity index (χ3v) is 8.25. The number of fused-ring (bicyclic) bond motifs is 1. The zero-order chi connectivity index (χ0) is 30.7. The Hall–Kier alpha value is -6.26. The first kappa shape index (κ1) is 27.3. The van der Waals surface area contributed by atoms with Gasteiger partial charge in [0.2, 0.25) is 0 Å².